The maximum atomic E-state index is 15.6. The molecule has 0 aliphatic carbocycles. The minimum Gasteiger partial charge on any atom is -0.383 e. The van der Waals surface area contributed by atoms with E-state index >= 15 is 4.39 Å². The molecular formula is C22H21FN6O. The summed E-state index contributed by atoms with van der Waals surface area (Å²) in [6, 6.07) is 7.36. The summed E-state index contributed by atoms with van der Waals surface area (Å²) in [4.78, 5) is 22.9. The molecule has 4 aromatic rings. The number of carbonyl (C=O) groups excluding carboxylic acids is 1. The van der Waals surface area contributed by atoms with Crippen LogP contribution in [-0.2, 0) is 31.7 Å². The first-order valence-electron chi connectivity index (χ1n) is 9.73. The molecular weight excluding hydrogens is 383 g/mol. The number of rotatable bonds is 3. The van der Waals surface area contributed by atoms with Gasteiger partial charge in [0.25, 0.3) is 0 Å². The predicted molar refractivity (Wildman–Crippen MR) is 113 cm³/mol. The number of aromatic nitrogens is 4. The van der Waals surface area contributed by atoms with E-state index < -0.39 is 0 Å². The molecule has 2 N–H and O–H groups in total. The van der Waals surface area contributed by atoms with Crippen molar-refractivity contribution in [2.45, 2.75) is 12.8 Å². The minimum atomic E-state index is -0.322. The summed E-state index contributed by atoms with van der Waals surface area (Å²) in [7, 11) is 3.75. The average Bonchev–Trinajstić information content (AvgIpc) is 3.41. The van der Waals surface area contributed by atoms with Crippen molar-refractivity contribution >= 4 is 28.4 Å². The Hall–Kier alpha value is -3.68. The molecule has 8 heteroatoms. The number of carbonyl (C=O) groups is 1. The molecule has 0 spiro atoms. The van der Waals surface area contributed by atoms with Gasteiger partial charge in [0.15, 0.2) is 0 Å². The Balaban J connectivity index is 1.54. The number of benzene rings is 1. The van der Waals surface area contributed by atoms with E-state index in [0.29, 0.717) is 52.2 Å². The molecule has 1 aliphatic rings. The quantitative estimate of drug-likeness (QED) is 0.569. The highest BCUT2D eigenvalue weighted by Gasteiger charge is 2.29. The highest BCUT2D eigenvalue weighted by atomic mass is 19.1. The van der Waals surface area contributed by atoms with Gasteiger partial charge >= 0.3 is 0 Å². The van der Waals surface area contributed by atoms with E-state index in [2.05, 4.69) is 9.97 Å². The fourth-order valence-electron chi connectivity index (χ4n) is 4.28. The van der Waals surface area contributed by atoms with Crippen LogP contribution in [0.4, 0.5) is 15.9 Å². The van der Waals surface area contributed by atoms with Gasteiger partial charge in [0.1, 0.15) is 23.6 Å². The first kappa shape index (κ1) is 18.4. The zero-order valence-electron chi connectivity index (χ0n) is 16.8. The van der Waals surface area contributed by atoms with Crippen LogP contribution in [0, 0.1) is 5.82 Å². The molecule has 30 heavy (non-hydrogen) atoms. The predicted octanol–water partition coefficient (Wildman–Crippen LogP) is 2.83. The lowest BCUT2D eigenvalue weighted by molar-refractivity contribution is -0.118. The van der Waals surface area contributed by atoms with Gasteiger partial charge in [-0.1, -0.05) is 0 Å². The summed E-state index contributed by atoms with van der Waals surface area (Å²) in [5, 5.41) is 0.633. The van der Waals surface area contributed by atoms with Gasteiger partial charge in [-0.05, 0) is 30.7 Å². The van der Waals surface area contributed by atoms with Gasteiger partial charge < -0.3 is 19.8 Å². The fourth-order valence-corrected chi connectivity index (χ4v) is 4.28. The third kappa shape index (κ3) is 2.67. The molecule has 0 bridgehead atoms. The molecule has 0 radical (unpaired) electrons. The normalized spacial score (nSPS) is 13.2. The number of hydrogen-bond acceptors (Lipinski definition) is 4. The second kappa shape index (κ2) is 6.69. The van der Waals surface area contributed by atoms with Crippen LogP contribution >= 0.6 is 0 Å². The Morgan fingerprint density at radius 3 is 2.77 bits per heavy atom. The van der Waals surface area contributed by atoms with Crippen LogP contribution in [0.3, 0.4) is 0 Å². The smallest absolute Gasteiger partial charge is 0.232 e. The summed E-state index contributed by atoms with van der Waals surface area (Å²) in [5.41, 5.74) is 9.93. The highest BCUT2D eigenvalue weighted by Crippen LogP contribution is 2.39. The molecule has 5 rings (SSSR count). The number of hydrogen-bond donors (Lipinski definition) is 1. The van der Waals surface area contributed by atoms with Crippen molar-refractivity contribution in [1.29, 1.82) is 0 Å². The molecule has 152 valence electrons. The Labute approximate surface area is 172 Å². The molecule has 7 nitrogen and oxygen atoms in total. The van der Waals surface area contributed by atoms with E-state index in [-0.39, 0.29) is 18.1 Å². The van der Waals surface area contributed by atoms with E-state index in [0.717, 1.165) is 5.69 Å². The Kier molecular flexibility index (Phi) is 4.09. The number of halogens is 1. The number of anilines is 2. The largest absolute Gasteiger partial charge is 0.383 e. The fraction of sp³-hybridized carbons (Fsp3) is 0.227. The van der Waals surface area contributed by atoms with E-state index in [4.69, 9.17) is 5.73 Å². The van der Waals surface area contributed by atoms with Crippen molar-refractivity contribution in [1.82, 2.24) is 19.1 Å². The van der Waals surface area contributed by atoms with Crippen molar-refractivity contribution < 1.29 is 9.18 Å². The van der Waals surface area contributed by atoms with Crippen molar-refractivity contribution in [3.8, 4) is 11.1 Å². The number of nitrogens with zero attached hydrogens (tertiary/aromatic N) is 5. The minimum absolute atomic E-state index is 0.0366. The molecule has 1 aliphatic heterocycles. The second-order valence-electron chi connectivity index (χ2n) is 7.62. The Morgan fingerprint density at radius 1 is 1.17 bits per heavy atom. The van der Waals surface area contributed by atoms with Crippen LogP contribution in [0.5, 0.6) is 0 Å². The first-order valence-corrected chi connectivity index (χ1v) is 9.73. The first-order chi connectivity index (χ1) is 14.5. The summed E-state index contributed by atoms with van der Waals surface area (Å²) in [5.74, 6) is -0.0437. The van der Waals surface area contributed by atoms with Gasteiger partial charge in [-0.3, -0.25) is 4.79 Å². The number of nitrogen functional groups attached to an aromatic ring is 1. The zero-order chi connectivity index (χ0) is 21.0. The Bertz CT molecular complexity index is 1300. The number of aryl methyl sites for hydroxylation is 2. The van der Waals surface area contributed by atoms with Crippen LogP contribution in [0.25, 0.3) is 22.2 Å². The van der Waals surface area contributed by atoms with Gasteiger partial charge in [0.05, 0.1) is 11.8 Å². The second-order valence-corrected chi connectivity index (χ2v) is 7.62. The van der Waals surface area contributed by atoms with E-state index in [1.807, 2.05) is 53.8 Å². The maximum Gasteiger partial charge on any atom is 0.232 e. The number of nitrogens with two attached hydrogens (primary N) is 1. The van der Waals surface area contributed by atoms with E-state index in [1.165, 1.54) is 6.33 Å². The lowest BCUT2D eigenvalue weighted by Crippen LogP contribution is -2.30. The highest BCUT2D eigenvalue weighted by molar-refractivity contribution is 6.02. The third-order valence-corrected chi connectivity index (χ3v) is 5.85. The van der Waals surface area contributed by atoms with Gasteiger partial charge in [-0.25, -0.2) is 14.4 Å². The summed E-state index contributed by atoms with van der Waals surface area (Å²) in [6.07, 6.45) is 5.88. The number of fused-ring (bicyclic) bond motifs is 2. The lowest BCUT2D eigenvalue weighted by Gasteiger charge is -2.18. The van der Waals surface area contributed by atoms with Gasteiger partial charge in [0, 0.05) is 61.1 Å². The summed E-state index contributed by atoms with van der Waals surface area (Å²) in [6.45, 7) is 0.472. The van der Waals surface area contributed by atoms with E-state index in [9.17, 15) is 4.79 Å². The molecule has 1 amide bonds. The molecule has 0 atom stereocenters. The van der Waals surface area contributed by atoms with E-state index in [1.54, 1.807) is 11.0 Å². The van der Waals surface area contributed by atoms with Crippen molar-refractivity contribution in [2.24, 2.45) is 14.1 Å². The topological polar surface area (TPSA) is 82.0 Å². The maximum absolute atomic E-state index is 15.6. The summed E-state index contributed by atoms with van der Waals surface area (Å²) < 4.78 is 19.3. The van der Waals surface area contributed by atoms with Gasteiger partial charge in [-0.15, -0.1) is 0 Å². The molecule has 3 aromatic heterocycles. The standard InChI is InChI=1S/C22H21FN6O/c1-27-8-3-4-13(27)10-18(30)29-9-7-15-17(29)6-5-14(20(15)23)16-11-28(2)22-19(16)21(24)25-12-26-22/h3-6,8,11-12H,7,9-10H2,1-2H3,(H2,24,25,26). The SMILES string of the molecule is Cn1cccc1CC(=O)N1CCc2c1ccc(-c1cn(C)c3ncnc(N)c13)c2F. The lowest BCUT2D eigenvalue weighted by atomic mass is 10.0. The van der Waals surface area contributed by atoms with Crippen LogP contribution in [0.1, 0.15) is 11.3 Å². The molecule has 0 saturated heterocycles. The average molecular weight is 404 g/mol. The molecule has 0 unspecified atom stereocenters. The van der Waals surface area contributed by atoms with Gasteiger partial charge in [0.2, 0.25) is 5.91 Å². The Morgan fingerprint density at radius 2 is 2.00 bits per heavy atom. The number of amides is 1. The van der Waals surface area contributed by atoms with Crippen molar-refractivity contribution in [2.75, 3.05) is 17.2 Å². The molecule has 1 aromatic carbocycles. The van der Waals surface area contributed by atoms with Crippen LogP contribution in [0.15, 0.2) is 43.0 Å². The molecule has 4 heterocycles. The van der Waals surface area contributed by atoms with Crippen molar-refractivity contribution in [3.05, 3.63) is 60.1 Å². The molecule has 0 saturated carbocycles. The molecule has 0 fully saturated rings. The van der Waals surface area contributed by atoms with Gasteiger partial charge in [-0.2, -0.15) is 0 Å². The van der Waals surface area contributed by atoms with Crippen molar-refractivity contribution in [3.63, 3.8) is 0 Å². The third-order valence-electron chi connectivity index (χ3n) is 5.85. The zero-order valence-corrected chi connectivity index (χ0v) is 16.8. The monoisotopic (exact) mass is 404 g/mol. The van der Waals surface area contributed by atoms with Crippen LogP contribution in [0.2, 0.25) is 0 Å². The van der Waals surface area contributed by atoms with Crippen LogP contribution < -0.4 is 10.6 Å². The summed E-state index contributed by atoms with van der Waals surface area (Å²) >= 11 is 0. The van der Waals surface area contributed by atoms with Crippen LogP contribution in [-0.4, -0.2) is 31.6 Å².